The summed E-state index contributed by atoms with van der Waals surface area (Å²) in [5.74, 6) is 0.754. The van der Waals surface area contributed by atoms with Gasteiger partial charge in [-0.05, 0) is 23.8 Å². The van der Waals surface area contributed by atoms with Crippen LogP contribution in [0.25, 0.3) is 11.1 Å². The maximum absolute atomic E-state index is 10.5. The molecule has 124 valence electrons. The van der Waals surface area contributed by atoms with Crippen molar-refractivity contribution in [3.63, 3.8) is 0 Å². The van der Waals surface area contributed by atoms with Crippen molar-refractivity contribution in [3.05, 3.63) is 48.8 Å². The Balaban J connectivity index is 1.58. The molecule has 0 saturated carbocycles. The van der Waals surface area contributed by atoms with Crippen LogP contribution in [-0.4, -0.2) is 41.2 Å². The zero-order valence-electron chi connectivity index (χ0n) is 12.9. The van der Waals surface area contributed by atoms with Crippen LogP contribution < -0.4 is 10.1 Å². The Morgan fingerprint density at radius 3 is 2.88 bits per heavy atom. The number of ether oxygens (including phenoxy) is 1. The molecule has 0 spiro atoms. The van der Waals surface area contributed by atoms with E-state index in [2.05, 4.69) is 15.5 Å². The lowest BCUT2D eigenvalue weighted by molar-refractivity contribution is 0.0472. The number of nitrogens with one attached hydrogen (secondary N) is 1. The van der Waals surface area contributed by atoms with Crippen LogP contribution in [0.1, 0.15) is 6.42 Å². The van der Waals surface area contributed by atoms with Gasteiger partial charge >= 0.3 is 6.09 Å². The highest BCUT2D eigenvalue weighted by molar-refractivity contribution is 5.89. The van der Waals surface area contributed by atoms with E-state index in [0.717, 1.165) is 16.9 Å². The zero-order chi connectivity index (χ0) is 16.8. The fraction of sp³-hybridized carbons (Fsp3) is 0.235. The van der Waals surface area contributed by atoms with Crippen molar-refractivity contribution in [2.24, 2.45) is 5.16 Å². The number of rotatable bonds is 6. The lowest BCUT2D eigenvalue weighted by Gasteiger charge is -2.14. The van der Waals surface area contributed by atoms with Crippen LogP contribution in [0.3, 0.4) is 0 Å². The second kappa shape index (κ2) is 7.45. The van der Waals surface area contributed by atoms with Crippen molar-refractivity contribution in [3.8, 4) is 16.9 Å². The molecular formula is C17H17N3O4. The first kappa shape index (κ1) is 15.8. The number of benzene rings is 1. The van der Waals surface area contributed by atoms with E-state index in [1.807, 2.05) is 36.4 Å². The molecule has 2 heterocycles. The summed E-state index contributed by atoms with van der Waals surface area (Å²) in [6.45, 7) is 0.502. The molecule has 0 fully saturated rings. The number of aromatic nitrogens is 1. The first-order valence-corrected chi connectivity index (χ1v) is 7.53. The average molecular weight is 327 g/mol. The molecule has 1 aliphatic rings. The van der Waals surface area contributed by atoms with Crippen LogP contribution in [-0.2, 0) is 4.84 Å². The smallest absolute Gasteiger partial charge is 0.404 e. The quantitative estimate of drug-likeness (QED) is 0.850. The molecule has 2 N–H and O–H groups in total. The van der Waals surface area contributed by atoms with Crippen molar-refractivity contribution in [2.45, 2.75) is 12.5 Å². The maximum atomic E-state index is 10.5. The molecule has 7 heteroatoms. The Kier molecular flexibility index (Phi) is 4.90. The predicted molar refractivity (Wildman–Crippen MR) is 88.1 cm³/mol. The summed E-state index contributed by atoms with van der Waals surface area (Å²) in [6.07, 6.45) is 2.71. The molecule has 1 aliphatic heterocycles. The van der Waals surface area contributed by atoms with Crippen LogP contribution in [0, 0.1) is 0 Å². The van der Waals surface area contributed by atoms with E-state index in [0.29, 0.717) is 18.7 Å². The van der Waals surface area contributed by atoms with Gasteiger partial charge in [-0.1, -0.05) is 23.4 Å². The molecule has 0 bridgehead atoms. The van der Waals surface area contributed by atoms with Crippen LogP contribution >= 0.6 is 0 Å². The Labute approximate surface area is 138 Å². The number of para-hydroxylation sites is 1. The van der Waals surface area contributed by atoms with Gasteiger partial charge < -0.3 is 20.0 Å². The van der Waals surface area contributed by atoms with Gasteiger partial charge in [0.1, 0.15) is 12.4 Å². The van der Waals surface area contributed by atoms with Gasteiger partial charge in [0.15, 0.2) is 6.10 Å². The second-order valence-electron chi connectivity index (χ2n) is 5.29. The van der Waals surface area contributed by atoms with Crippen LogP contribution in [0.5, 0.6) is 5.75 Å². The summed E-state index contributed by atoms with van der Waals surface area (Å²) >= 11 is 0. The standard InChI is InChI=1S/C17H17N3O4/c21-17(22)19-10-13-9-14(24-20-13)11-23-16-4-2-1-3-15(16)12-5-7-18-8-6-12/h1-8,14,19H,9-11H2,(H,21,22). The Bertz CT molecular complexity index is 734. The average Bonchev–Trinajstić information content (AvgIpc) is 3.07. The van der Waals surface area contributed by atoms with Gasteiger partial charge in [-0.3, -0.25) is 4.98 Å². The Morgan fingerprint density at radius 1 is 1.29 bits per heavy atom. The zero-order valence-corrected chi connectivity index (χ0v) is 12.9. The van der Waals surface area contributed by atoms with Crippen molar-refractivity contribution in [2.75, 3.05) is 13.2 Å². The molecule has 24 heavy (non-hydrogen) atoms. The number of hydrogen-bond acceptors (Lipinski definition) is 5. The van der Waals surface area contributed by atoms with E-state index < -0.39 is 6.09 Å². The van der Waals surface area contributed by atoms with Gasteiger partial charge in [0, 0.05) is 24.4 Å². The minimum atomic E-state index is -1.08. The Hall–Kier alpha value is -3.09. The van der Waals surface area contributed by atoms with Gasteiger partial charge in [0.2, 0.25) is 0 Å². The summed E-state index contributed by atoms with van der Waals surface area (Å²) < 4.78 is 5.89. The van der Waals surface area contributed by atoms with Crippen molar-refractivity contribution < 1.29 is 19.5 Å². The van der Waals surface area contributed by atoms with E-state index in [-0.39, 0.29) is 12.6 Å². The summed E-state index contributed by atoms with van der Waals surface area (Å²) in [7, 11) is 0. The summed E-state index contributed by atoms with van der Waals surface area (Å²) in [5.41, 5.74) is 2.66. The predicted octanol–water partition coefficient (Wildman–Crippen LogP) is 2.54. The monoisotopic (exact) mass is 327 g/mol. The lowest BCUT2D eigenvalue weighted by atomic mass is 10.1. The molecular weight excluding hydrogens is 310 g/mol. The SMILES string of the molecule is O=C(O)NCC1=NOC(COc2ccccc2-c2ccncc2)C1. The summed E-state index contributed by atoms with van der Waals surface area (Å²) in [5, 5.41) is 14.8. The van der Waals surface area contributed by atoms with Gasteiger partial charge in [0.05, 0.1) is 12.3 Å². The fourth-order valence-electron chi connectivity index (χ4n) is 2.40. The van der Waals surface area contributed by atoms with E-state index in [9.17, 15) is 4.79 Å². The fourth-order valence-corrected chi connectivity index (χ4v) is 2.40. The molecule has 0 radical (unpaired) electrons. The molecule has 1 unspecified atom stereocenters. The molecule has 1 aromatic heterocycles. The van der Waals surface area contributed by atoms with Gasteiger partial charge in [0.25, 0.3) is 0 Å². The number of hydrogen-bond donors (Lipinski definition) is 2. The van der Waals surface area contributed by atoms with Gasteiger partial charge in [-0.25, -0.2) is 4.79 Å². The first-order chi connectivity index (χ1) is 11.7. The van der Waals surface area contributed by atoms with Crippen LogP contribution in [0.15, 0.2) is 53.9 Å². The van der Waals surface area contributed by atoms with E-state index in [1.165, 1.54) is 0 Å². The molecule has 2 aromatic rings. The molecule has 0 aliphatic carbocycles. The normalized spacial score (nSPS) is 16.2. The van der Waals surface area contributed by atoms with Crippen molar-refractivity contribution in [1.82, 2.24) is 10.3 Å². The molecule has 0 saturated heterocycles. The third-order valence-corrected chi connectivity index (χ3v) is 3.54. The largest absolute Gasteiger partial charge is 0.489 e. The highest BCUT2D eigenvalue weighted by Crippen LogP contribution is 2.29. The highest BCUT2D eigenvalue weighted by Gasteiger charge is 2.22. The minimum absolute atomic E-state index is 0.166. The third kappa shape index (κ3) is 4.01. The lowest BCUT2D eigenvalue weighted by Crippen LogP contribution is -2.28. The second-order valence-corrected chi connectivity index (χ2v) is 5.29. The highest BCUT2D eigenvalue weighted by atomic mass is 16.7. The molecule has 1 amide bonds. The van der Waals surface area contributed by atoms with Gasteiger partial charge in [-0.2, -0.15) is 0 Å². The van der Waals surface area contributed by atoms with Gasteiger partial charge in [-0.15, -0.1) is 0 Å². The van der Waals surface area contributed by atoms with E-state index in [4.69, 9.17) is 14.7 Å². The maximum Gasteiger partial charge on any atom is 0.404 e. The number of amides is 1. The number of carboxylic acid groups (broad SMARTS) is 1. The minimum Gasteiger partial charge on any atom is -0.489 e. The summed E-state index contributed by atoms with van der Waals surface area (Å²) in [6, 6.07) is 11.6. The van der Waals surface area contributed by atoms with Crippen molar-refractivity contribution >= 4 is 11.8 Å². The van der Waals surface area contributed by atoms with Crippen LogP contribution in [0.2, 0.25) is 0 Å². The van der Waals surface area contributed by atoms with E-state index >= 15 is 0 Å². The van der Waals surface area contributed by atoms with Crippen LogP contribution in [0.4, 0.5) is 4.79 Å². The molecule has 7 nitrogen and oxygen atoms in total. The number of oxime groups is 1. The summed E-state index contributed by atoms with van der Waals surface area (Å²) in [4.78, 5) is 19.8. The van der Waals surface area contributed by atoms with E-state index in [1.54, 1.807) is 12.4 Å². The molecule has 3 rings (SSSR count). The number of pyridine rings is 1. The first-order valence-electron chi connectivity index (χ1n) is 7.53. The third-order valence-electron chi connectivity index (χ3n) is 3.54. The number of carbonyl (C=O) groups is 1. The van der Waals surface area contributed by atoms with Crippen molar-refractivity contribution in [1.29, 1.82) is 0 Å². The molecule has 1 aromatic carbocycles. The Morgan fingerprint density at radius 2 is 2.08 bits per heavy atom. The molecule has 1 atom stereocenters. The number of nitrogens with zero attached hydrogens (tertiary/aromatic N) is 2. The topological polar surface area (TPSA) is 93.0 Å².